The molecule has 4 aromatic rings. The Morgan fingerprint density at radius 2 is 0.925 bits per heavy atom. The third-order valence-corrected chi connectivity index (χ3v) is 5.35. The summed E-state index contributed by atoms with van der Waals surface area (Å²) in [6, 6.07) is 5.48. The Kier molecular flexibility index (Phi) is 7.07. The van der Waals surface area contributed by atoms with Crippen molar-refractivity contribution in [1.29, 1.82) is 0 Å². The minimum Gasteiger partial charge on any atom is -0.506 e. The minimum atomic E-state index is -2.68. The third-order valence-electron chi connectivity index (χ3n) is 5.35. The highest BCUT2D eigenvalue weighted by Crippen LogP contribution is 2.45. The van der Waals surface area contributed by atoms with Gasteiger partial charge in [-0.25, -0.2) is 30.7 Å². The van der Waals surface area contributed by atoms with Crippen LogP contribution in [0.2, 0.25) is 0 Å². The average Bonchev–Trinajstić information content (AvgIpc) is 2.91. The maximum Gasteiger partial charge on any atom is 0.209 e. The zero-order valence-corrected chi connectivity index (χ0v) is 19.3. The van der Waals surface area contributed by atoms with Gasteiger partial charge in [0.15, 0.2) is 40.7 Å². The first kappa shape index (κ1) is 27.8. The van der Waals surface area contributed by atoms with E-state index in [9.17, 15) is 41.4 Å². The summed E-state index contributed by atoms with van der Waals surface area (Å²) in [5.74, 6) is -28.1. The van der Waals surface area contributed by atoms with Crippen molar-refractivity contribution in [3.05, 3.63) is 94.1 Å². The lowest BCUT2D eigenvalue weighted by Crippen LogP contribution is -2.17. The van der Waals surface area contributed by atoms with Crippen molar-refractivity contribution in [2.24, 2.45) is 0 Å². The van der Waals surface area contributed by atoms with E-state index >= 15 is 8.78 Å². The average molecular weight is 572 g/mol. The van der Waals surface area contributed by atoms with Crippen molar-refractivity contribution in [1.82, 2.24) is 0 Å². The van der Waals surface area contributed by atoms with Crippen LogP contribution in [0, 0.1) is 46.5 Å². The third kappa shape index (κ3) is 4.61. The molecule has 4 aromatic carbocycles. The van der Waals surface area contributed by atoms with Crippen LogP contribution in [0.1, 0.15) is 15.9 Å². The Bertz CT molecular complexity index is 1690. The Morgan fingerprint density at radius 1 is 0.550 bits per heavy atom. The van der Waals surface area contributed by atoms with E-state index in [1.807, 2.05) is 0 Å². The van der Waals surface area contributed by atoms with Gasteiger partial charge in [0.1, 0.15) is 34.1 Å². The lowest BCUT2D eigenvalue weighted by Gasteiger charge is -2.19. The van der Waals surface area contributed by atoms with Crippen molar-refractivity contribution < 1.29 is 59.6 Å². The number of ketones is 1. The van der Waals surface area contributed by atoms with Gasteiger partial charge in [-0.1, -0.05) is 0 Å². The van der Waals surface area contributed by atoms with E-state index in [1.54, 1.807) is 0 Å². The van der Waals surface area contributed by atoms with E-state index < -0.39 is 97.9 Å². The number of phenols is 2. The molecule has 0 saturated heterocycles. The molecule has 15 heteroatoms. The zero-order valence-electron chi connectivity index (χ0n) is 19.3. The molecule has 0 aliphatic carbocycles. The molecule has 7 nitrogen and oxygen atoms in total. The second-order valence-electron chi connectivity index (χ2n) is 7.89. The smallest absolute Gasteiger partial charge is 0.209 e. The molecular weight excluding hydrogens is 560 g/mol. The Balaban J connectivity index is 2.04. The molecule has 0 atom stereocenters. The highest BCUT2D eigenvalue weighted by atomic mass is 19.2. The Labute approximate surface area is 217 Å². The molecule has 0 bridgehead atoms. The van der Waals surface area contributed by atoms with E-state index in [1.165, 1.54) is 0 Å². The second-order valence-corrected chi connectivity index (χ2v) is 7.89. The van der Waals surface area contributed by atoms with Crippen LogP contribution in [0.4, 0.5) is 46.5 Å². The topological polar surface area (TPSA) is 128 Å². The largest absolute Gasteiger partial charge is 0.506 e. The summed E-state index contributed by atoms with van der Waals surface area (Å²) >= 11 is 0. The van der Waals surface area contributed by atoms with Crippen molar-refractivity contribution >= 4 is 17.2 Å². The van der Waals surface area contributed by atoms with Gasteiger partial charge in [0.25, 0.3) is 0 Å². The summed E-state index contributed by atoms with van der Waals surface area (Å²) in [5, 5.41) is 19.6. The van der Waals surface area contributed by atoms with E-state index in [4.69, 9.17) is 20.9 Å². The number of halogens is 8. The zero-order chi connectivity index (χ0) is 29.6. The molecule has 0 amide bonds. The number of carbonyl (C=O) groups is 1. The van der Waals surface area contributed by atoms with E-state index in [0.29, 0.717) is 0 Å². The molecule has 208 valence electrons. The highest BCUT2D eigenvalue weighted by Gasteiger charge is 2.37. The number of nitrogen functional groups attached to an aromatic ring is 2. The van der Waals surface area contributed by atoms with E-state index in [2.05, 4.69) is 0 Å². The molecule has 0 saturated carbocycles. The van der Waals surface area contributed by atoms with Gasteiger partial charge in [0.05, 0.1) is 11.4 Å². The van der Waals surface area contributed by atoms with Gasteiger partial charge in [-0.2, -0.15) is 4.39 Å². The molecule has 0 unspecified atom stereocenters. The fourth-order valence-corrected chi connectivity index (χ4v) is 3.35. The molecular formula is C25H12F8N2O5. The maximum atomic E-state index is 15.1. The Hall–Kier alpha value is -5.21. The van der Waals surface area contributed by atoms with Crippen LogP contribution in [-0.2, 0) is 0 Å². The fraction of sp³-hybridized carbons (Fsp3) is 0. The first-order chi connectivity index (χ1) is 18.7. The minimum absolute atomic E-state index is 0.200. The van der Waals surface area contributed by atoms with E-state index in [-0.39, 0.29) is 11.4 Å². The number of anilines is 2. The van der Waals surface area contributed by atoms with Crippen LogP contribution >= 0.6 is 0 Å². The molecule has 6 N–H and O–H groups in total. The van der Waals surface area contributed by atoms with Crippen molar-refractivity contribution in [2.45, 2.75) is 0 Å². The molecule has 0 aliphatic heterocycles. The molecule has 0 aliphatic rings. The number of rotatable bonds is 6. The predicted octanol–water partition coefficient (Wildman–Crippen LogP) is 6.19. The van der Waals surface area contributed by atoms with Crippen LogP contribution < -0.4 is 20.9 Å². The van der Waals surface area contributed by atoms with Gasteiger partial charge in [-0.05, 0) is 24.3 Å². The number of hydrogen-bond acceptors (Lipinski definition) is 7. The normalized spacial score (nSPS) is 11.0. The molecule has 0 radical (unpaired) electrons. The lowest BCUT2D eigenvalue weighted by molar-refractivity contribution is 0.101. The molecule has 0 heterocycles. The predicted molar refractivity (Wildman–Crippen MR) is 121 cm³/mol. The summed E-state index contributed by atoms with van der Waals surface area (Å²) in [6.07, 6.45) is 0. The SMILES string of the molecule is Nc1ccc(Oc2c(F)c(F)c(F)c(C(=O)c3c(F)c(F)c(F)c(F)c3F)c2Oc2ccc(N)c(O)c2)cc1O. The second kappa shape index (κ2) is 10.2. The number of nitrogens with two attached hydrogens (primary N) is 2. The van der Waals surface area contributed by atoms with Gasteiger partial charge in [-0.3, -0.25) is 4.79 Å². The summed E-state index contributed by atoms with van der Waals surface area (Å²) < 4.78 is 125. The molecule has 4 rings (SSSR count). The molecule has 0 spiro atoms. The maximum absolute atomic E-state index is 15.1. The lowest BCUT2D eigenvalue weighted by atomic mass is 9.99. The summed E-state index contributed by atoms with van der Waals surface area (Å²) in [5.41, 5.74) is 6.39. The van der Waals surface area contributed by atoms with Crippen LogP contribution in [0.25, 0.3) is 0 Å². The van der Waals surface area contributed by atoms with Crippen molar-refractivity contribution in [2.75, 3.05) is 11.5 Å². The number of ether oxygens (including phenoxy) is 2. The number of hydrogen-bond donors (Lipinski definition) is 4. The van der Waals surface area contributed by atoms with Crippen LogP contribution in [0.3, 0.4) is 0 Å². The van der Waals surface area contributed by atoms with Crippen molar-refractivity contribution in [3.8, 4) is 34.5 Å². The van der Waals surface area contributed by atoms with Crippen LogP contribution in [-0.4, -0.2) is 16.0 Å². The van der Waals surface area contributed by atoms with Crippen LogP contribution in [0.5, 0.6) is 34.5 Å². The highest BCUT2D eigenvalue weighted by molar-refractivity contribution is 6.12. The standard InChI is InChI=1S/C25H12F8N2O5/c26-15-13(16(27)19(30)21(32)18(15)29)23(38)14-17(28)20(31)22(33)25(40-8-2-4-10(35)12(37)6-8)24(14)39-7-1-3-9(34)11(36)5-7/h1-6,36-37H,34-35H2. The number of aromatic hydroxyl groups is 2. The number of benzene rings is 4. The molecule has 0 fully saturated rings. The van der Waals surface area contributed by atoms with Gasteiger partial charge >= 0.3 is 0 Å². The van der Waals surface area contributed by atoms with Gasteiger partial charge in [-0.15, -0.1) is 0 Å². The molecule has 40 heavy (non-hydrogen) atoms. The van der Waals surface area contributed by atoms with E-state index in [0.717, 1.165) is 36.4 Å². The summed E-state index contributed by atoms with van der Waals surface area (Å²) in [4.78, 5) is 13.1. The van der Waals surface area contributed by atoms with Gasteiger partial charge in [0, 0.05) is 12.1 Å². The Morgan fingerprint density at radius 3 is 1.38 bits per heavy atom. The van der Waals surface area contributed by atoms with Gasteiger partial charge in [0.2, 0.25) is 23.2 Å². The summed E-state index contributed by atoms with van der Waals surface area (Å²) in [6.45, 7) is 0. The number of carbonyl (C=O) groups excluding carboxylic acids is 1. The fourth-order valence-electron chi connectivity index (χ4n) is 3.35. The molecule has 0 aromatic heterocycles. The number of phenolic OH excluding ortho intramolecular Hbond substituents is 2. The van der Waals surface area contributed by atoms with Gasteiger partial charge < -0.3 is 31.2 Å². The van der Waals surface area contributed by atoms with Crippen molar-refractivity contribution in [3.63, 3.8) is 0 Å². The monoisotopic (exact) mass is 572 g/mol. The summed E-state index contributed by atoms with van der Waals surface area (Å²) in [7, 11) is 0. The first-order valence-electron chi connectivity index (χ1n) is 10.5. The first-order valence-corrected chi connectivity index (χ1v) is 10.5. The van der Waals surface area contributed by atoms with Crippen LogP contribution in [0.15, 0.2) is 36.4 Å². The quantitative estimate of drug-likeness (QED) is 0.0542.